The largest absolute Gasteiger partial charge is 0.335 e. The summed E-state index contributed by atoms with van der Waals surface area (Å²) in [5, 5.41) is 5.05. The Balaban J connectivity index is 1.02. The van der Waals surface area contributed by atoms with Gasteiger partial charge in [0.2, 0.25) is 5.91 Å². The molecule has 7 nitrogen and oxygen atoms in total. The van der Waals surface area contributed by atoms with Crippen molar-refractivity contribution in [2.24, 2.45) is 5.41 Å². The maximum Gasteiger partial charge on any atom is 0.323 e. The molecule has 37 heavy (non-hydrogen) atoms. The summed E-state index contributed by atoms with van der Waals surface area (Å²) in [5.74, 6) is 0.645. The van der Waals surface area contributed by atoms with Crippen LogP contribution in [-0.4, -0.2) is 70.9 Å². The lowest BCUT2D eigenvalue weighted by Crippen LogP contribution is -2.45. The number of amides is 3. The fraction of sp³-hybridized carbons (Fsp3) is 0.483. The van der Waals surface area contributed by atoms with Gasteiger partial charge in [-0.25, -0.2) is 9.78 Å². The third-order valence-electron chi connectivity index (χ3n) is 8.44. The van der Waals surface area contributed by atoms with Crippen LogP contribution >= 0.6 is 11.3 Å². The lowest BCUT2D eigenvalue weighted by Gasteiger charge is -2.35. The highest BCUT2D eigenvalue weighted by Crippen LogP contribution is 2.53. The van der Waals surface area contributed by atoms with Gasteiger partial charge in [-0.15, -0.1) is 11.3 Å². The minimum atomic E-state index is -0.0780. The van der Waals surface area contributed by atoms with Crippen molar-refractivity contribution in [2.75, 3.05) is 44.6 Å². The number of likely N-dealkylation sites (tertiary alicyclic amines) is 1. The first kappa shape index (κ1) is 24.4. The number of aromatic nitrogens is 1. The molecule has 2 aromatic heterocycles. The first-order valence-corrected chi connectivity index (χ1v) is 14.4. The molecular weight excluding hydrogens is 482 g/mol. The summed E-state index contributed by atoms with van der Waals surface area (Å²) in [4.78, 5) is 37.5. The van der Waals surface area contributed by atoms with Gasteiger partial charge in [-0.1, -0.05) is 17.7 Å². The molecule has 0 unspecified atom stereocenters. The quantitative estimate of drug-likeness (QED) is 0.424. The highest BCUT2D eigenvalue weighted by Gasteiger charge is 2.44. The number of carbonyl (C=O) groups excluding carboxylic acids is 2. The van der Waals surface area contributed by atoms with Gasteiger partial charge in [0.25, 0.3) is 0 Å². The maximum absolute atomic E-state index is 12.8. The highest BCUT2D eigenvalue weighted by atomic mass is 32.1. The van der Waals surface area contributed by atoms with Gasteiger partial charge in [-0.3, -0.25) is 10.1 Å². The molecule has 1 aliphatic carbocycles. The van der Waals surface area contributed by atoms with E-state index in [0.29, 0.717) is 30.9 Å². The van der Waals surface area contributed by atoms with Crippen molar-refractivity contribution < 1.29 is 9.59 Å². The number of hydrogen-bond donors (Lipinski definition) is 1. The van der Waals surface area contributed by atoms with Crippen LogP contribution in [0.3, 0.4) is 0 Å². The Labute approximate surface area is 222 Å². The molecule has 0 aromatic carbocycles. The van der Waals surface area contributed by atoms with Crippen LogP contribution in [0.5, 0.6) is 0 Å². The minimum Gasteiger partial charge on any atom is -0.335 e. The van der Waals surface area contributed by atoms with Crippen molar-refractivity contribution >= 4 is 35.2 Å². The smallest absolute Gasteiger partial charge is 0.323 e. The van der Waals surface area contributed by atoms with E-state index < -0.39 is 0 Å². The molecule has 8 heteroatoms. The second kappa shape index (κ2) is 10.4. The molecule has 2 fully saturated rings. The van der Waals surface area contributed by atoms with E-state index in [-0.39, 0.29) is 11.9 Å². The van der Waals surface area contributed by atoms with Crippen LogP contribution in [0, 0.1) is 5.41 Å². The van der Waals surface area contributed by atoms with Crippen molar-refractivity contribution in [1.29, 1.82) is 0 Å². The zero-order valence-electron chi connectivity index (χ0n) is 21.3. The third-order valence-corrected chi connectivity index (χ3v) is 9.31. The molecule has 1 saturated carbocycles. The number of hydrogen-bond acceptors (Lipinski definition) is 5. The van der Waals surface area contributed by atoms with Crippen molar-refractivity contribution in [1.82, 2.24) is 19.7 Å². The Morgan fingerprint density at radius 1 is 1.16 bits per heavy atom. The normalized spacial score (nSPS) is 21.2. The second-order valence-electron chi connectivity index (χ2n) is 11.0. The molecule has 0 bridgehead atoms. The molecule has 2 aromatic rings. The van der Waals surface area contributed by atoms with Gasteiger partial charge in [0, 0.05) is 55.3 Å². The Hall–Kier alpha value is -2.97. The molecule has 194 valence electrons. The topological polar surface area (TPSA) is 68.8 Å². The number of anilines is 1. The van der Waals surface area contributed by atoms with Gasteiger partial charge in [-0.2, -0.15) is 0 Å². The van der Waals surface area contributed by atoms with Crippen LogP contribution in [0.2, 0.25) is 0 Å². The first-order valence-electron chi connectivity index (χ1n) is 13.5. The Kier molecular flexibility index (Phi) is 6.86. The molecule has 1 spiro atoms. The summed E-state index contributed by atoms with van der Waals surface area (Å²) in [6, 6.07) is 6.21. The summed E-state index contributed by atoms with van der Waals surface area (Å²) in [7, 11) is 0. The summed E-state index contributed by atoms with van der Waals surface area (Å²) in [6.07, 6.45) is 14.7. The van der Waals surface area contributed by atoms with Crippen LogP contribution < -0.4 is 5.32 Å². The molecular formula is C29H35N5O2S. The number of carbonyl (C=O) groups is 2. The van der Waals surface area contributed by atoms with E-state index in [0.717, 1.165) is 50.1 Å². The van der Waals surface area contributed by atoms with Crippen LogP contribution in [0.25, 0.3) is 6.08 Å². The van der Waals surface area contributed by atoms with Gasteiger partial charge in [0.15, 0.2) is 0 Å². The Morgan fingerprint density at radius 2 is 2.03 bits per heavy atom. The van der Waals surface area contributed by atoms with E-state index in [2.05, 4.69) is 38.8 Å². The predicted molar refractivity (Wildman–Crippen MR) is 147 cm³/mol. The van der Waals surface area contributed by atoms with Crippen LogP contribution in [0.15, 0.2) is 47.5 Å². The molecule has 6 rings (SSSR count). The number of rotatable bonds is 7. The fourth-order valence-electron chi connectivity index (χ4n) is 5.66. The molecule has 3 aliphatic heterocycles. The summed E-state index contributed by atoms with van der Waals surface area (Å²) >= 11 is 1.78. The van der Waals surface area contributed by atoms with Gasteiger partial charge in [0.1, 0.15) is 5.82 Å². The maximum atomic E-state index is 12.8. The first-order chi connectivity index (χ1) is 18.1. The monoisotopic (exact) mass is 517 g/mol. The number of nitrogens with one attached hydrogen (secondary N) is 1. The number of nitrogens with zero attached hydrogens (tertiary/aromatic N) is 4. The summed E-state index contributed by atoms with van der Waals surface area (Å²) in [5.41, 5.74) is 3.95. The van der Waals surface area contributed by atoms with Gasteiger partial charge < -0.3 is 14.7 Å². The average molecular weight is 518 g/mol. The zero-order chi connectivity index (χ0) is 25.2. The summed E-state index contributed by atoms with van der Waals surface area (Å²) < 4.78 is 0. The molecule has 5 heterocycles. The number of urea groups is 1. The number of piperidine rings is 1. The molecule has 1 saturated heterocycles. The predicted octanol–water partition coefficient (Wildman–Crippen LogP) is 4.78. The fourth-order valence-corrected chi connectivity index (χ4v) is 6.42. The third kappa shape index (κ3) is 5.80. The van der Waals surface area contributed by atoms with Gasteiger partial charge in [0.05, 0.1) is 6.54 Å². The lowest BCUT2D eigenvalue weighted by atomic mass is 9.94. The SMILES string of the molecule is O=C(C=Cc1cnc2c(c1)CN(CCN1CCC3(CC1)CC3)C(=O)N2)N1CC=C(Cc2cccs2)CC1. The highest BCUT2D eigenvalue weighted by molar-refractivity contribution is 7.09. The number of fused-ring (bicyclic) bond motifs is 1. The standard InChI is InChI=1S/C29H35N5O2S/c35-26(33-11-5-22(6-12-33)19-25-2-1-17-37-25)4-3-23-18-24-21-34(28(36)31-27(24)30-20-23)16-15-32-13-9-29(7-8-29)10-14-32/h1-5,17-18,20H,6-16,19,21H2,(H,30,31,36). The molecule has 4 aliphatic rings. The lowest BCUT2D eigenvalue weighted by molar-refractivity contribution is -0.125. The second-order valence-corrected chi connectivity index (χ2v) is 12.0. The Morgan fingerprint density at radius 3 is 2.76 bits per heavy atom. The Bertz CT molecular complexity index is 1210. The van der Waals surface area contributed by atoms with E-state index in [9.17, 15) is 9.59 Å². The molecule has 0 atom stereocenters. The van der Waals surface area contributed by atoms with E-state index in [1.807, 2.05) is 21.9 Å². The minimum absolute atomic E-state index is 0.0218. The molecule has 3 amide bonds. The number of pyridine rings is 1. The zero-order valence-corrected chi connectivity index (χ0v) is 22.1. The van der Waals surface area contributed by atoms with Crippen LogP contribution in [0.1, 0.15) is 48.1 Å². The van der Waals surface area contributed by atoms with Crippen molar-refractivity contribution in [2.45, 2.75) is 45.1 Å². The van der Waals surface area contributed by atoms with Gasteiger partial charge in [-0.05, 0) is 79.8 Å². The van der Waals surface area contributed by atoms with E-state index in [1.165, 1.54) is 36.1 Å². The van der Waals surface area contributed by atoms with E-state index in [4.69, 9.17) is 0 Å². The number of thiophene rings is 1. The molecule has 1 N–H and O–H groups in total. The van der Waals surface area contributed by atoms with Crippen LogP contribution in [0.4, 0.5) is 10.6 Å². The molecule has 0 radical (unpaired) electrons. The van der Waals surface area contributed by atoms with E-state index >= 15 is 0 Å². The van der Waals surface area contributed by atoms with Crippen LogP contribution in [-0.2, 0) is 17.8 Å². The van der Waals surface area contributed by atoms with Gasteiger partial charge >= 0.3 is 6.03 Å². The summed E-state index contributed by atoms with van der Waals surface area (Å²) in [6.45, 7) is 5.89. The average Bonchev–Trinajstić information content (AvgIpc) is 3.47. The van der Waals surface area contributed by atoms with E-state index in [1.54, 1.807) is 23.6 Å². The van der Waals surface area contributed by atoms with Crippen molar-refractivity contribution in [3.63, 3.8) is 0 Å². The van der Waals surface area contributed by atoms with Crippen molar-refractivity contribution in [3.05, 3.63) is 63.5 Å². The van der Waals surface area contributed by atoms with Crippen molar-refractivity contribution in [3.8, 4) is 0 Å².